The van der Waals surface area contributed by atoms with Crippen LogP contribution < -0.4 is 10.6 Å². The van der Waals surface area contributed by atoms with Crippen molar-refractivity contribution in [1.82, 2.24) is 10.6 Å². The Hall–Kier alpha value is -1.43. The van der Waals surface area contributed by atoms with Crippen LogP contribution in [0.3, 0.4) is 0 Å². The zero-order valence-electron chi connectivity index (χ0n) is 11.4. The highest BCUT2D eigenvalue weighted by Crippen LogP contribution is 2.27. The lowest BCUT2D eigenvalue weighted by Gasteiger charge is -2.35. The van der Waals surface area contributed by atoms with E-state index in [4.69, 9.17) is 0 Å². The maximum atomic E-state index is 12.3. The molecule has 0 fully saturated rings. The number of hydrogen-bond donors (Lipinski definition) is 4. The van der Waals surface area contributed by atoms with E-state index in [2.05, 4.69) is 10.6 Å². The first kappa shape index (κ1) is 15.6. The van der Waals surface area contributed by atoms with Crippen LogP contribution in [0.2, 0.25) is 0 Å². The Kier molecular flexibility index (Phi) is 5.95. The van der Waals surface area contributed by atoms with Crippen molar-refractivity contribution < 1.29 is 15.0 Å². The van der Waals surface area contributed by atoms with Crippen LogP contribution in [0.5, 0.6) is 0 Å². The Morgan fingerprint density at radius 2 is 1.89 bits per heavy atom. The van der Waals surface area contributed by atoms with Crippen LogP contribution in [0.15, 0.2) is 30.3 Å². The Balaban J connectivity index is 3.25. The predicted molar refractivity (Wildman–Crippen MR) is 73.6 cm³/mol. The normalized spacial score (nSPS) is 15.6. The highest BCUT2D eigenvalue weighted by molar-refractivity contribution is 5.89. The lowest BCUT2D eigenvalue weighted by Crippen LogP contribution is -2.59. The van der Waals surface area contributed by atoms with Gasteiger partial charge in [-0.2, -0.15) is 0 Å². The van der Waals surface area contributed by atoms with E-state index in [1.54, 1.807) is 31.2 Å². The molecule has 2 atom stereocenters. The first-order valence-electron chi connectivity index (χ1n) is 6.49. The molecular weight excluding hydrogens is 244 g/mol. The highest BCUT2D eigenvalue weighted by Gasteiger charge is 2.46. The predicted octanol–water partition coefficient (Wildman–Crippen LogP) is -0.0193. The maximum absolute atomic E-state index is 12.3. The summed E-state index contributed by atoms with van der Waals surface area (Å²) >= 11 is 0. The average Bonchev–Trinajstić information content (AvgIpc) is 2.42. The van der Waals surface area contributed by atoms with Gasteiger partial charge in [-0.3, -0.25) is 10.1 Å². The number of amides is 1. The molecule has 0 aliphatic heterocycles. The molecule has 0 aliphatic rings. The Bertz CT molecular complexity index is 397. The number of nitrogens with one attached hydrogen (secondary N) is 2. The maximum Gasteiger partial charge on any atom is 0.237 e. The minimum atomic E-state index is -1.40. The number of carbonyl (C=O) groups excluding carboxylic acids is 1. The average molecular weight is 266 g/mol. The first-order chi connectivity index (χ1) is 9.13. The largest absolute Gasteiger partial charge is 0.395 e. The molecule has 0 saturated heterocycles. The van der Waals surface area contributed by atoms with Crippen molar-refractivity contribution >= 4 is 5.91 Å². The second kappa shape index (κ2) is 7.23. The number of hydrogen-bond acceptors (Lipinski definition) is 4. The molecule has 2 unspecified atom stereocenters. The van der Waals surface area contributed by atoms with Crippen LogP contribution in [0.4, 0.5) is 0 Å². The fourth-order valence-corrected chi connectivity index (χ4v) is 2.08. The van der Waals surface area contributed by atoms with Crippen molar-refractivity contribution in [3.05, 3.63) is 35.9 Å². The summed E-state index contributed by atoms with van der Waals surface area (Å²) in [7, 11) is 0. The fraction of sp³-hybridized carbons (Fsp3) is 0.500. The van der Waals surface area contributed by atoms with Gasteiger partial charge in [-0.15, -0.1) is 0 Å². The van der Waals surface area contributed by atoms with Crippen molar-refractivity contribution in [2.45, 2.75) is 25.5 Å². The van der Waals surface area contributed by atoms with Crippen molar-refractivity contribution in [2.24, 2.45) is 0 Å². The molecule has 5 heteroatoms. The number of likely N-dealkylation sites (N-methyl/N-ethyl adjacent to an activating group) is 2. The Labute approximate surface area is 113 Å². The van der Waals surface area contributed by atoms with Crippen LogP contribution in [0, 0.1) is 0 Å². The van der Waals surface area contributed by atoms with Crippen LogP contribution in [0.25, 0.3) is 0 Å². The molecule has 0 aromatic heterocycles. The second-order valence-electron chi connectivity index (χ2n) is 4.32. The monoisotopic (exact) mass is 266 g/mol. The van der Waals surface area contributed by atoms with E-state index in [0.717, 1.165) is 0 Å². The minimum Gasteiger partial charge on any atom is -0.395 e. The molecule has 1 amide bonds. The van der Waals surface area contributed by atoms with Crippen molar-refractivity contribution in [2.75, 3.05) is 19.7 Å². The molecule has 5 nitrogen and oxygen atoms in total. The zero-order valence-corrected chi connectivity index (χ0v) is 11.4. The van der Waals surface area contributed by atoms with Gasteiger partial charge in [-0.05, 0) is 19.0 Å². The summed E-state index contributed by atoms with van der Waals surface area (Å²) in [6, 6.07) is 8.83. The summed E-state index contributed by atoms with van der Waals surface area (Å²) in [6.07, 6.45) is -1.16. The Morgan fingerprint density at radius 3 is 2.37 bits per heavy atom. The van der Waals surface area contributed by atoms with Gasteiger partial charge in [0, 0.05) is 6.54 Å². The van der Waals surface area contributed by atoms with Gasteiger partial charge >= 0.3 is 0 Å². The molecule has 0 heterocycles. The van der Waals surface area contributed by atoms with Crippen molar-refractivity contribution in [3.63, 3.8) is 0 Å². The summed E-state index contributed by atoms with van der Waals surface area (Å²) in [5, 5.41) is 25.5. The van der Waals surface area contributed by atoms with Crippen molar-refractivity contribution in [3.8, 4) is 0 Å². The number of aliphatic hydroxyl groups is 2. The molecule has 1 aromatic carbocycles. The third kappa shape index (κ3) is 3.12. The third-order valence-electron chi connectivity index (χ3n) is 3.15. The van der Waals surface area contributed by atoms with E-state index in [1.165, 1.54) is 0 Å². The van der Waals surface area contributed by atoms with E-state index >= 15 is 0 Å². The lowest BCUT2D eigenvalue weighted by atomic mass is 9.78. The molecule has 4 N–H and O–H groups in total. The number of aliphatic hydroxyl groups excluding tert-OH is 2. The molecular formula is C14H22N2O3. The molecule has 1 aromatic rings. The summed E-state index contributed by atoms with van der Waals surface area (Å²) < 4.78 is 0. The van der Waals surface area contributed by atoms with Gasteiger partial charge in [0.05, 0.1) is 6.61 Å². The van der Waals surface area contributed by atoms with Crippen molar-refractivity contribution in [1.29, 1.82) is 0 Å². The zero-order chi connectivity index (χ0) is 14.3. The summed E-state index contributed by atoms with van der Waals surface area (Å²) in [5.74, 6) is -0.392. The fourth-order valence-electron chi connectivity index (χ4n) is 2.08. The summed E-state index contributed by atoms with van der Waals surface area (Å²) in [5.41, 5.74) is -0.815. The first-order valence-corrected chi connectivity index (χ1v) is 6.49. The molecule has 0 radical (unpaired) electrons. The molecule has 0 spiro atoms. The van der Waals surface area contributed by atoms with Crippen LogP contribution in [0.1, 0.15) is 19.4 Å². The van der Waals surface area contributed by atoms with Gasteiger partial charge in [0.2, 0.25) is 5.91 Å². The smallest absolute Gasteiger partial charge is 0.237 e. The van der Waals surface area contributed by atoms with Crippen LogP contribution in [-0.4, -0.2) is 42.0 Å². The van der Waals surface area contributed by atoms with Gasteiger partial charge < -0.3 is 15.5 Å². The van der Waals surface area contributed by atoms with Gasteiger partial charge in [-0.25, -0.2) is 0 Å². The molecule has 0 saturated carbocycles. The molecule has 0 bridgehead atoms. The van der Waals surface area contributed by atoms with E-state index in [-0.39, 0.29) is 0 Å². The lowest BCUT2D eigenvalue weighted by molar-refractivity contribution is -0.134. The highest BCUT2D eigenvalue weighted by atomic mass is 16.3. The summed E-state index contributed by atoms with van der Waals surface area (Å²) in [4.78, 5) is 12.3. The second-order valence-corrected chi connectivity index (χ2v) is 4.32. The van der Waals surface area contributed by atoms with E-state index in [1.807, 2.05) is 13.0 Å². The SMILES string of the molecule is CCNC(=O)C(CO)(c1ccccc1)C(O)NCC. The summed E-state index contributed by atoms with van der Waals surface area (Å²) in [6.45, 7) is 4.08. The van der Waals surface area contributed by atoms with E-state index in [0.29, 0.717) is 18.7 Å². The molecule has 1 rings (SSSR count). The molecule has 106 valence electrons. The quantitative estimate of drug-likeness (QED) is 0.523. The number of rotatable bonds is 7. The van der Waals surface area contributed by atoms with Gasteiger partial charge in [0.25, 0.3) is 0 Å². The van der Waals surface area contributed by atoms with E-state index in [9.17, 15) is 15.0 Å². The van der Waals surface area contributed by atoms with Gasteiger partial charge in [-0.1, -0.05) is 37.3 Å². The number of carbonyl (C=O) groups is 1. The van der Waals surface area contributed by atoms with Crippen LogP contribution >= 0.6 is 0 Å². The van der Waals surface area contributed by atoms with Gasteiger partial charge in [0.15, 0.2) is 0 Å². The molecule has 0 aliphatic carbocycles. The van der Waals surface area contributed by atoms with E-state index < -0.39 is 24.2 Å². The molecule has 19 heavy (non-hydrogen) atoms. The van der Waals surface area contributed by atoms with Crippen LogP contribution in [-0.2, 0) is 10.2 Å². The topological polar surface area (TPSA) is 81.6 Å². The standard InChI is InChI=1S/C14H22N2O3/c1-3-15-12(18)14(10-17,13(19)16-4-2)11-8-6-5-7-9-11/h5-9,12,15,17-18H,3-4,10H2,1-2H3,(H,16,19). The Morgan fingerprint density at radius 1 is 1.26 bits per heavy atom. The van der Waals surface area contributed by atoms with Gasteiger partial charge in [0.1, 0.15) is 11.6 Å². The minimum absolute atomic E-state index is 0.392. The third-order valence-corrected chi connectivity index (χ3v) is 3.15. The number of benzene rings is 1.